The van der Waals surface area contributed by atoms with Crippen molar-refractivity contribution in [2.75, 3.05) is 26.4 Å². The quantitative estimate of drug-likeness (QED) is 0.287. The molecule has 2 aromatic carbocycles. The Bertz CT molecular complexity index is 1330. The molecule has 0 radical (unpaired) electrons. The van der Waals surface area contributed by atoms with Crippen LogP contribution < -0.4 is 10.1 Å². The molecule has 11 heteroatoms. The Morgan fingerprint density at radius 1 is 1.16 bits per heavy atom. The van der Waals surface area contributed by atoms with Gasteiger partial charge in [0.25, 0.3) is 0 Å². The van der Waals surface area contributed by atoms with Gasteiger partial charge in [-0.25, -0.2) is 9.48 Å². The summed E-state index contributed by atoms with van der Waals surface area (Å²) in [4.78, 5) is 13.4. The smallest absolute Gasteiger partial charge is 0.407 e. The molecular formula is C27H32N6O5. The lowest BCUT2D eigenvalue weighted by atomic mass is 10.1. The molecule has 0 aliphatic carbocycles. The summed E-state index contributed by atoms with van der Waals surface area (Å²) in [6.45, 7) is 2.07. The molecule has 4 aromatic rings. The number of aromatic nitrogens is 5. The number of fused-ring (bicyclic) bond motifs is 1. The van der Waals surface area contributed by atoms with E-state index in [1.807, 2.05) is 53.2 Å². The Morgan fingerprint density at radius 2 is 2.05 bits per heavy atom. The first-order chi connectivity index (χ1) is 18.7. The zero-order chi connectivity index (χ0) is 26.2. The number of carbonyl (C=O) groups excluding carboxylic acids is 1. The van der Waals surface area contributed by atoms with Crippen molar-refractivity contribution in [1.29, 1.82) is 0 Å². The van der Waals surface area contributed by atoms with Gasteiger partial charge in [0.15, 0.2) is 6.23 Å². The average molecular weight is 521 g/mol. The third kappa shape index (κ3) is 6.29. The summed E-state index contributed by atoms with van der Waals surface area (Å²) in [6, 6.07) is 15.4. The van der Waals surface area contributed by atoms with Crippen LogP contribution in [-0.2, 0) is 22.6 Å². The van der Waals surface area contributed by atoms with Crippen molar-refractivity contribution in [1.82, 2.24) is 30.1 Å². The van der Waals surface area contributed by atoms with Gasteiger partial charge in [-0.15, -0.1) is 0 Å². The summed E-state index contributed by atoms with van der Waals surface area (Å²) in [5, 5.41) is 26.4. The summed E-state index contributed by atoms with van der Waals surface area (Å²) in [7, 11) is 0. The van der Waals surface area contributed by atoms with Gasteiger partial charge in [-0.3, -0.25) is 0 Å². The largest absolute Gasteiger partial charge is 0.494 e. The van der Waals surface area contributed by atoms with Crippen LogP contribution in [0, 0.1) is 0 Å². The van der Waals surface area contributed by atoms with Crippen molar-refractivity contribution in [3.63, 3.8) is 0 Å². The van der Waals surface area contributed by atoms with Crippen molar-refractivity contribution in [2.24, 2.45) is 0 Å². The lowest BCUT2D eigenvalue weighted by molar-refractivity contribution is -0.0365. The second-order valence-electron chi connectivity index (χ2n) is 9.03. The number of nitrogens with zero attached hydrogens (tertiary/aromatic N) is 5. The van der Waals surface area contributed by atoms with E-state index in [1.54, 1.807) is 6.20 Å². The zero-order valence-corrected chi connectivity index (χ0v) is 21.2. The third-order valence-electron chi connectivity index (χ3n) is 6.26. The fourth-order valence-corrected chi connectivity index (χ4v) is 4.36. The summed E-state index contributed by atoms with van der Waals surface area (Å²) in [5.74, 6) is 0.692. The average Bonchev–Trinajstić information content (AvgIpc) is 3.57. The molecule has 2 aromatic heterocycles. The van der Waals surface area contributed by atoms with Crippen LogP contribution in [0.4, 0.5) is 4.79 Å². The number of rotatable bonds is 11. The summed E-state index contributed by atoms with van der Waals surface area (Å²) >= 11 is 0. The highest BCUT2D eigenvalue weighted by Gasteiger charge is 2.23. The summed E-state index contributed by atoms with van der Waals surface area (Å²) in [5.41, 5.74) is 3.17. The standard InChI is InChI=1S/C27H32N6O5/c34-14-13-32-29-18-23(30-32)26-22-17-21(10-11-24(22)33(31-26)25-9-4-5-15-37-25)36-16-6-12-28-27(35)38-19-20-7-2-1-3-8-20/h1-3,7-8,10-11,17-18,25,34H,4-6,9,12-16,19H2,(H,28,35). The minimum atomic E-state index is -0.452. The van der Waals surface area contributed by atoms with Gasteiger partial charge < -0.3 is 24.6 Å². The molecule has 1 aliphatic heterocycles. The lowest BCUT2D eigenvalue weighted by Crippen LogP contribution is -2.26. The van der Waals surface area contributed by atoms with Gasteiger partial charge in [0.05, 0.1) is 31.5 Å². The first-order valence-corrected chi connectivity index (χ1v) is 12.9. The van der Waals surface area contributed by atoms with E-state index in [9.17, 15) is 9.90 Å². The minimum Gasteiger partial charge on any atom is -0.494 e. The van der Waals surface area contributed by atoms with Crippen molar-refractivity contribution in [3.05, 3.63) is 60.3 Å². The molecule has 1 saturated heterocycles. The van der Waals surface area contributed by atoms with Crippen molar-refractivity contribution in [2.45, 2.75) is 45.1 Å². The van der Waals surface area contributed by atoms with E-state index in [1.165, 1.54) is 4.80 Å². The van der Waals surface area contributed by atoms with E-state index in [-0.39, 0.29) is 19.4 Å². The van der Waals surface area contributed by atoms with Gasteiger partial charge in [-0.05, 0) is 49.4 Å². The van der Waals surface area contributed by atoms with Gasteiger partial charge in [0, 0.05) is 18.5 Å². The predicted octanol–water partition coefficient (Wildman–Crippen LogP) is 3.68. The van der Waals surface area contributed by atoms with Crippen molar-refractivity contribution in [3.8, 4) is 17.1 Å². The third-order valence-corrected chi connectivity index (χ3v) is 6.26. The number of carbonyl (C=O) groups is 1. The van der Waals surface area contributed by atoms with Crippen LogP contribution >= 0.6 is 0 Å². The highest BCUT2D eigenvalue weighted by atomic mass is 16.5. The molecule has 11 nitrogen and oxygen atoms in total. The van der Waals surface area contributed by atoms with Gasteiger partial charge in [-0.1, -0.05) is 30.3 Å². The normalized spacial score (nSPS) is 15.4. The minimum absolute atomic E-state index is 0.0448. The van der Waals surface area contributed by atoms with Crippen LogP contribution in [0.2, 0.25) is 0 Å². The van der Waals surface area contributed by atoms with E-state index in [0.29, 0.717) is 49.9 Å². The molecule has 1 atom stereocenters. The number of benzene rings is 2. The first-order valence-electron chi connectivity index (χ1n) is 12.9. The van der Waals surface area contributed by atoms with Crippen LogP contribution in [0.15, 0.2) is 54.7 Å². The highest BCUT2D eigenvalue weighted by molar-refractivity contribution is 5.93. The van der Waals surface area contributed by atoms with E-state index in [0.717, 1.165) is 35.7 Å². The number of amides is 1. The number of alkyl carbamates (subject to hydrolysis) is 1. The molecule has 0 saturated carbocycles. The Labute approximate surface area is 220 Å². The second-order valence-corrected chi connectivity index (χ2v) is 9.03. The Kier molecular flexibility index (Phi) is 8.46. The number of nitrogens with one attached hydrogen (secondary N) is 1. The predicted molar refractivity (Wildman–Crippen MR) is 139 cm³/mol. The molecule has 38 heavy (non-hydrogen) atoms. The van der Waals surface area contributed by atoms with Crippen molar-refractivity contribution >= 4 is 17.0 Å². The molecule has 200 valence electrons. The molecular weight excluding hydrogens is 488 g/mol. The number of hydrogen-bond acceptors (Lipinski definition) is 8. The number of ether oxygens (including phenoxy) is 3. The molecule has 2 N–H and O–H groups in total. The zero-order valence-electron chi connectivity index (χ0n) is 21.2. The monoisotopic (exact) mass is 520 g/mol. The molecule has 5 rings (SSSR count). The van der Waals surface area contributed by atoms with Crippen LogP contribution in [-0.4, -0.2) is 62.3 Å². The van der Waals surface area contributed by atoms with Gasteiger partial charge >= 0.3 is 6.09 Å². The second kappa shape index (κ2) is 12.5. The van der Waals surface area contributed by atoms with Gasteiger partial charge in [-0.2, -0.15) is 20.1 Å². The van der Waals surface area contributed by atoms with Crippen molar-refractivity contribution < 1.29 is 24.1 Å². The molecule has 1 aliphatic rings. The number of aliphatic hydroxyl groups excluding tert-OH is 1. The lowest BCUT2D eigenvalue weighted by Gasteiger charge is -2.23. The van der Waals surface area contributed by atoms with E-state index < -0.39 is 6.09 Å². The summed E-state index contributed by atoms with van der Waals surface area (Å²) in [6.07, 6.45) is 4.72. The Hall–Kier alpha value is -3.96. The molecule has 1 unspecified atom stereocenters. The maximum absolute atomic E-state index is 11.9. The highest BCUT2D eigenvalue weighted by Crippen LogP contribution is 2.34. The maximum Gasteiger partial charge on any atom is 0.407 e. The van der Waals surface area contributed by atoms with Crippen LogP contribution in [0.5, 0.6) is 5.75 Å². The van der Waals surface area contributed by atoms with Crippen LogP contribution in [0.25, 0.3) is 22.3 Å². The molecule has 1 amide bonds. The van der Waals surface area contributed by atoms with Crippen LogP contribution in [0.3, 0.4) is 0 Å². The summed E-state index contributed by atoms with van der Waals surface area (Å²) < 4.78 is 19.1. The molecule has 0 bridgehead atoms. The van der Waals surface area contributed by atoms with E-state index >= 15 is 0 Å². The molecule has 1 fully saturated rings. The number of hydrogen-bond donors (Lipinski definition) is 2. The van der Waals surface area contributed by atoms with Crippen LogP contribution in [0.1, 0.15) is 37.5 Å². The maximum atomic E-state index is 11.9. The molecule has 3 heterocycles. The SMILES string of the molecule is O=C(NCCCOc1ccc2c(c1)c(-c1cnn(CCO)n1)nn2C1CCCCO1)OCc1ccccc1. The Morgan fingerprint density at radius 3 is 2.87 bits per heavy atom. The fourth-order valence-electron chi connectivity index (χ4n) is 4.36. The van der Waals surface area contributed by atoms with Gasteiger partial charge in [0.1, 0.15) is 23.7 Å². The van der Waals surface area contributed by atoms with Gasteiger partial charge in [0.2, 0.25) is 0 Å². The Balaban J connectivity index is 1.21. The van der Waals surface area contributed by atoms with E-state index in [4.69, 9.17) is 19.3 Å². The molecule has 0 spiro atoms. The van der Waals surface area contributed by atoms with E-state index in [2.05, 4.69) is 15.5 Å². The first kappa shape index (κ1) is 25.7. The number of aliphatic hydroxyl groups is 1. The topological polar surface area (TPSA) is 126 Å². The fraction of sp³-hybridized carbons (Fsp3) is 0.407.